The topological polar surface area (TPSA) is 118 Å². The molecular weight excluding hydrogens is 635 g/mol. The van der Waals surface area contributed by atoms with Gasteiger partial charge in [-0.2, -0.15) is 0 Å². The van der Waals surface area contributed by atoms with Crippen LogP contribution in [0.5, 0.6) is 11.5 Å². The minimum Gasteiger partial charge on any atom is -0.493 e. The molecule has 7 atom stereocenters. The second-order valence-corrected chi connectivity index (χ2v) is 15.1. The van der Waals surface area contributed by atoms with Gasteiger partial charge in [0.15, 0.2) is 18.1 Å². The number of thiazole rings is 1. The number of aryl methyl sites for hydroxylation is 2. The van der Waals surface area contributed by atoms with Gasteiger partial charge in [0.05, 0.1) is 29.7 Å². The standard InChI is InChI=1S/C36H33N3O6S2/c1-17-7-10-21(11-8-17)39-34(41)29-22-15-23(30(29)35(39)42)31-28(22)27(32-33(46-31)38-36(43)47-32)19-9-12-24(25(14-19)44-3)45-16-26(40)37-20-6-4-5-18(2)13-20/h4-14,22-23,27-31H,15-16H2,1-3H3,(H,37,40)(H,38,43)/t22-,23-,27-,28?,29?,30?,31?/m1/s1. The third kappa shape index (κ3) is 4.90. The Morgan fingerprint density at radius 1 is 0.936 bits per heavy atom. The molecule has 0 radical (unpaired) electrons. The number of carbonyl (C=O) groups is 3. The van der Waals surface area contributed by atoms with Gasteiger partial charge in [0.2, 0.25) is 11.8 Å². The fourth-order valence-corrected chi connectivity index (χ4v) is 11.3. The van der Waals surface area contributed by atoms with Crippen LogP contribution >= 0.6 is 23.1 Å². The van der Waals surface area contributed by atoms with Crippen molar-refractivity contribution < 1.29 is 23.9 Å². The van der Waals surface area contributed by atoms with Crippen LogP contribution in [0.1, 0.15) is 33.9 Å². The zero-order valence-corrected chi connectivity index (χ0v) is 27.7. The number of nitrogens with zero attached hydrogens (tertiary/aromatic N) is 1. The number of imide groups is 1. The van der Waals surface area contributed by atoms with Gasteiger partial charge in [0, 0.05) is 21.7 Å². The molecule has 2 aliphatic heterocycles. The molecule has 3 aromatic carbocycles. The van der Waals surface area contributed by atoms with Crippen LogP contribution in [0.15, 0.2) is 76.6 Å². The smallest absolute Gasteiger partial charge is 0.305 e. The highest BCUT2D eigenvalue weighted by Gasteiger charge is 2.69. The maximum atomic E-state index is 14.0. The summed E-state index contributed by atoms with van der Waals surface area (Å²) in [5.41, 5.74) is 4.38. The van der Waals surface area contributed by atoms with Gasteiger partial charge in [-0.15, -0.1) is 11.8 Å². The Morgan fingerprint density at radius 2 is 1.70 bits per heavy atom. The number of rotatable bonds is 7. The number of ether oxygens (including phenoxy) is 2. The molecule has 4 aliphatic rings. The number of nitrogens with one attached hydrogen (secondary N) is 2. The Hall–Kier alpha value is -4.35. The van der Waals surface area contributed by atoms with Crippen molar-refractivity contribution in [1.29, 1.82) is 0 Å². The molecule has 2 saturated carbocycles. The molecule has 4 unspecified atom stereocenters. The Balaban J connectivity index is 1.09. The lowest BCUT2D eigenvalue weighted by Gasteiger charge is -2.43. The van der Waals surface area contributed by atoms with Crippen molar-refractivity contribution in [1.82, 2.24) is 4.98 Å². The van der Waals surface area contributed by atoms with Crippen molar-refractivity contribution in [3.8, 4) is 11.5 Å². The number of methoxy groups -OCH3 is 1. The Bertz CT molecular complexity index is 1990. The zero-order chi connectivity index (χ0) is 32.6. The van der Waals surface area contributed by atoms with Crippen molar-refractivity contribution in [3.05, 3.63) is 98.0 Å². The van der Waals surface area contributed by atoms with E-state index in [-0.39, 0.29) is 70.0 Å². The summed E-state index contributed by atoms with van der Waals surface area (Å²) in [6.07, 6.45) is 0.806. The lowest BCUT2D eigenvalue weighted by atomic mass is 9.68. The molecule has 3 heterocycles. The number of aromatic nitrogens is 1. The highest BCUT2D eigenvalue weighted by molar-refractivity contribution is 8.00. The van der Waals surface area contributed by atoms with E-state index in [1.807, 2.05) is 74.5 Å². The molecule has 9 nitrogen and oxygen atoms in total. The molecule has 3 amide bonds. The van der Waals surface area contributed by atoms with Crippen LogP contribution < -0.4 is 24.6 Å². The second-order valence-electron chi connectivity index (χ2n) is 12.9. The summed E-state index contributed by atoms with van der Waals surface area (Å²) in [4.78, 5) is 58.5. The van der Waals surface area contributed by atoms with Crippen LogP contribution in [-0.2, 0) is 14.4 Å². The summed E-state index contributed by atoms with van der Waals surface area (Å²) in [5, 5.41) is 3.77. The Labute approximate surface area is 279 Å². The van der Waals surface area contributed by atoms with Gasteiger partial charge < -0.3 is 19.8 Å². The summed E-state index contributed by atoms with van der Waals surface area (Å²) in [5.74, 6) is -0.429. The van der Waals surface area contributed by atoms with E-state index in [2.05, 4.69) is 10.3 Å². The quantitative estimate of drug-likeness (QED) is 0.241. The average Bonchev–Trinajstić information content (AvgIpc) is 3.79. The molecule has 1 aromatic heterocycles. The van der Waals surface area contributed by atoms with Crippen molar-refractivity contribution in [2.24, 2.45) is 29.6 Å². The first-order valence-corrected chi connectivity index (χ1v) is 17.4. The number of H-pyrrole nitrogens is 1. The van der Waals surface area contributed by atoms with Gasteiger partial charge in [0.25, 0.3) is 5.91 Å². The first-order valence-electron chi connectivity index (χ1n) is 15.7. The molecule has 2 N–H and O–H groups in total. The van der Waals surface area contributed by atoms with E-state index in [9.17, 15) is 19.2 Å². The lowest BCUT2D eigenvalue weighted by molar-refractivity contribution is -0.123. The van der Waals surface area contributed by atoms with Crippen molar-refractivity contribution >= 4 is 52.2 Å². The minimum atomic E-state index is -0.383. The lowest BCUT2D eigenvalue weighted by Crippen LogP contribution is -2.42. The summed E-state index contributed by atoms with van der Waals surface area (Å²) >= 11 is 2.87. The van der Waals surface area contributed by atoms with E-state index in [1.54, 1.807) is 24.9 Å². The van der Waals surface area contributed by atoms with Crippen LogP contribution in [0.3, 0.4) is 0 Å². The van der Waals surface area contributed by atoms with Crippen molar-refractivity contribution in [3.63, 3.8) is 0 Å². The number of hydrogen-bond donors (Lipinski definition) is 2. The summed E-state index contributed by atoms with van der Waals surface area (Å²) in [6.45, 7) is 3.74. The summed E-state index contributed by atoms with van der Waals surface area (Å²) in [6, 6.07) is 20.8. The fraction of sp³-hybridized carbons (Fsp3) is 0.333. The third-order valence-corrected chi connectivity index (χ3v) is 12.8. The third-order valence-electron chi connectivity index (χ3n) is 10.2. The highest BCUT2D eigenvalue weighted by Crippen LogP contribution is 2.68. The molecule has 0 spiro atoms. The number of fused-ring (bicyclic) bond motifs is 9. The van der Waals surface area contributed by atoms with E-state index in [0.29, 0.717) is 22.9 Å². The van der Waals surface area contributed by atoms with E-state index < -0.39 is 0 Å². The van der Waals surface area contributed by atoms with E-state index in [4.69, 9.17) is 9.47 Å². The van der Waals surface area contributed by atoms with Crippen LogP contribution in [0, 0.1) is 43.4 Å². The van der Waals surface area contributed by atoms with Gasteiger partial charge in [-0.3, -0.25) is 24.1 Å². The first kappa shape index (κ1) is 30.0. The largest absolute Gasteiger partial charge is 0.493 e. The van der Waals surface area contributed by atoms with Crippen LogP contribution in [0.25, 0.3) is 0 Å². The van der Waals surface area contributed by atoms with Crippen LogP contribution in [0.2, 0.25) is 0 Å². The average molecular weight is 668 g/mol. The number of carbonyl (C=O) groups excluding carboxylic acids is 3. The van der Waals surface area contributed by atoms with Gasteiger partial charge in [-0.1, -0.05) is 47.2 Å². The molecule has 11 heteroatoms. The van der Waals surface area contributed by atoms with Gasteiger partial charge >= 0.3 is 4.87 Å². The van der Waals surface area contributed by atoms with Crippen LogP contribution in [-0.4, -0.2) is 41.7 Å². The number of amides is 3. The monoisotopic (exact) mass is 667 g/mol. The van der Waals surface area contributed by atoms with Gasteiger partial charge in [-0.25, -0.2) is 0 Å². The van der Waals surface area contributed by atoms with E-state index in [0.717, 1.165) is 33.0 Å². The van der Waals surface area contributed by atoms with E-state index in [1.165, 1.54) is 16.2 Å². The van der Waals surface area contributed by atoms with Crippen molar-refractivity contribution in [2.75, 3.05) is 23.9 Å². The zero-order valence-electron chi connectivity index (χ0n) is 26.0. The molecule has 3 fully saturated rings. The summed E-state index contributed by atoms with van der Waals surface area (Å²) < 4.78 is 11.7. The Morgan fingerprint density at radius 3 is 2.45 bits per heavy atom. The Kier molecular flexibility index (Phi) is 7.29. The minimum absolute atomic E-state index is 0.00279. The number of benzene rings is 3. The highest BCUT2D eigenvalue weighted by atomic mass is 32.2. The number of thioether (sulfide) groups is 1. The van der Waals surface area contributed by atoms with Gasteiger partial charge in [0.1, 0.15) is 0 Å². The molecule has 47 heavy (non-hydrogen) atoms. The maximum absolute atomic E-state index is 14.0. The molecule has 2 aliphatic carbocycles. The molecule has 1 saturated heterocycles. The number of hydrogen-bond acceptors (Lipinski definition) is 8. The molecule has 2 bridgehead atoms. The predicted octanol–water partition coefficient (Wildman–Crippen LogP) is 5.76. The normalized spacial score (nSPS) is 27.0. The molecular formula is C36H33N3O6S2. The number of anilines is 2. The summed E-state index contributed by atoms with van der Waals surface area (Å²) in [7, 11) is 1.56. The van der Waals surface area contributed by atoms with Crippen LogP contribution in [0.4, 0.5) is 11.4 Å². The second kappa shape index (κ2) is 11.4. The number of aromatic amines is 1. The maximum Gasteiger partial charge on any atom is 0.305 e. The van der Waals surface area contributed by atoms with Gasteiger partial charge in [-0.05, 0) is 85.5 Å². The molecule has 4 aromatic rings. The SMILES string of the molecule is COc1cc([C@H]2c3sc(=O)[nH]c3SC3C2[C@H]2C[C@@H]3C3C(=O)N(c4ccc(C)cc4)C(=O)C32)ccc1OCC(=O)Nc1cccc(C)c1. The fourth-order valence-electron chi connectivity index (χ4n) is 8.40. The first-order chi connectivity index (χ1) is 22.7. The van der Waals surface area contributed by atoms with Crippen molar-refractivity contribution in [2.45, 2.75) is 36.5 Å². The van der Waals surface area contributed by atoms with E-state index >= 15 is 0 Å². The molecule has 240 valence electrons. The predicted molar refractivity (Wildman–Crippen MR) is 180 cm³/mol. The molecule has 8 rings (SSSR count).